The molecule has 1 fully saturated rings. The number of carbonyl (C=O) groups is 2. The van der Waals surface area contributed by atoms with Gasteiger partial charge in [0.25, 0.3) is 11.8 Å². The van der Waals surface area contributed by atoms with Gasteiger partial charge < -0.3 is 25.4 Å². The number of nitrogens with two attached hydrogens (primary N) is 1. The second kappa shape index (κ2) is 10.5. The van der Waals surface area contributed by atoms with Crippen molar-refractivity contribution in [3.05, 3.63) is 53.9 Å². The number of halogens is 4. The summed E-state index contributed by atoms with van der Waals surface area (Å²) in [6, 6.07) is 2.37. The summed E-state index contributed by atoms with van der Waals surface area (Å²) in [5.41, 5.74) is 3.96. The van der Waals surface area contributed by atoms with Crippen LogP contribution in [0.5, 0.6) is 11.8 Å². The van der Waals surface area contributed by atoms with E-state index in [1.165, 1.54) is 38.7 Å². The number of nitrogens with one attached hydrogen (secondary N) is 1. The van der Waals surface area contributed by atoms with Crippen LogP contribution in [0.3, 0.4) is 0 Å². The summed E-state index contributed by atoms with van der Waals surface area (Å²) in [5, 5.41) is 6.39. The number of hydrogen-bond acceptors (Lipinski definition) is 10. The molecule has 0 aliphatic carbocycles. The summed E-state index contributed by atoms with van der Waals surface area (Å²) in [7, 11) is 2.61. The standard InChI is InChI=1S/C24H21F4N9O4/c1-40-17-3-4-30-20(35-17)23(39)36-8-14(25)15(9-36)34-21(38)12-5-11(7-31-22(12)41-2)16-6-13(24(26,27)28)18-19(29)32-10-33-37(16)18/h3-7,10,14-15H,8-9H2,1-2H3,(H,34,38)(H2,29,32,33)/t14-,15+/m0/s1. The van der Waals surface area contributed by atoms with Gasteiger partial charge in [-0.05, 0) is 12.1 Å². The molecular weight excluding hydrogens is 554 g/mol. The van der Waals surface area contributed by atoms with Crippen molar-refractivity contribution in [1.82, 2.24) is 39.8 Å². The van der Waals surface area contributed by atoms with Crippen molar-refractivity contribution < 1.29 is 36.6 Å². The first-order valence-corrected chi connectivity index (χ1v) is 11.9. The van der Waals surface area contributed by atoms with E-state index in [1.54, 1.807) is 0 Å². The maximum absolute atomic E-state index is 14.9. The van der Waals surface area contributed by atoms with E-state index in [0.29, 0.717) is 0 Å². The lowest BCUT2D eigenvalue weighted by Crippen LogP contribution is -2.42. The molecule has 1 aliphatic rings. The van der Waals surface area contributed by atoms with Crippen LogP contribution < -0.4 is 20.5 Å². The quantitative estimate of drug-likeness (QED) is 0.324. The Morgan fingerprint density at radius 1 is 1.12 bits per heavy atom. The fourth-order valence-corrected chi connectivity index (χ4v) is 4.42. The maximum atomic E-state index is 14.9. The molecule has 0 aromatic carbocycles. The molecule has 4 aromatic rings. The van der Waals surface area contributed by atoms with Gasteiger partial charge in [0.05, 0.1) is 38.1 Å². The van der Waals surface area contributed by atoms with Crippen LogP contribution in [-0.4, -0.2) is 85.8 Å². The zero-order chi connectivity index (χ0) is 29.5. The Balaban J connectivity index is 1.42. The number of rotatable bonds is 6. The van der Waals surface area contributed by atoms with Gasteiger partial charge in [0.2, 0.25) is 17.6 Å². The molecule has 5 heterocycles. The van der Waals surface area contributed by atoms with Crippen molar-refractivity contribution in [2.24, 2.45) is 0 Å². The lowest BCUT2D eigenvalue weighted by Gasteiger charge is -2.17. The van der Waals surface area contributed by atoms with Crippen LogP contribution in [-0.2, 0) is 6.18 Å². The van der Waals surface area contributed by atoms with Crippen LogP contribution in [0.15, 0.2) is 36.9 Å². The van der Waals surface area contributed by atoms with E-state index in [0.717, 1.165) is 21.8 Å². The monoisotopic (exact) mass is 575 g/mol. The number of ether oxygens (including phenoxy) is 2. The van der Waals surface area contributed by atoms with Gasteiger partial charge in [-0.3, -0.25) is 9.59 Å². The number of hydrogen-bond donors (Lipinski definition) is 2. The van der Waals surface area contributed by atoms with E-state index < -0.39 is 47.1 Å². The number of methoxy groups -OCH3 is 2. The number of pyridine rings is 1. The van der Waals surface area contributed by atoms with E-state index in [9.17, 15) is 27.2 Å². The lowest BCUT2D eigenvalue weighted by atomic mass is 10.1. The highest BCUT2D eigenvalue weighted by Gasteiger charge is 2.39. The molecule has 4 aromatic heterocycles. The second-order valence-corrected chi connectivity index (χ2v) is 8.86. The number of nitrogen functional groups attached to an aromatic ring is 1. The van der Waals surface area contributed by atoms with Crippen LogP contribution in [0.25, 0.3) is 16.8 Å². The SMILES string of the molecule is COc1ccnc(C(=O)N2C[C@H](F)[C@H](NC(=O)c3cc(-c4cc(C(F)(F)F)c5c(N)ncnn45)cnc3OC)C2)n1. The van der Waals surface area contributed by atoms with Gasteiger partial charge in [0.1, 0.15) is 23.6 Å². The molecule has 2 atom stereocenters. The fourth-order valence-electron chi connectivity index (χ4n) is 4.42. The fraction of sp³-hybridized carbons (Fsp3) is 0.292. The third-order valence-electron chi connectivity index (χ3n) is 6.36. The molecular formula is C24H21F4N9O4. The van der Waals surface area contributed by atoms with Crippen molar-refractivity contribution in [1.29, 1.82) is 0 Å². The van der Waals surface area contributed by atoms with Gasteiger partial charge in [0.15, 0.2) is 5.82 Å². The normalized spacial score (nSPS) is 17.1. The third-order valence-corrected chi connectivity index (χ3v) is 6.36. The van der Waals surface area contributed by atoms with Crippen molar-refractivity contribution in [2.45, 2.75) is 18.4 Å². The Labute approximate surface area is 228 Å². The third kappa shape index (κ3) is 5.12. The van der Waals surface area contributed by atoms with Crippen molar-refractivity contribution in [2.75, 3.05) is 33.0 Å². The molecule has 17 heteroatoms. The second-order valence-electron chi connectivity index (χ2n) is 8.86. The molecule has 2 amide bonds. The van der Waals surface area contributed by atoms with Gasteiger partial charge in [-0.1, -0.05) is 0 Å². The molecule has 5 rings (SSSR count). The number of fused-ring (bicyclic) bond motifs is 1. The molecule has 3 N–H and O–H groups in total. The van der Waals surface area contributed by atoms with Crippen LogP contribution in [0.2, 0.25) is 0 Å². The zero-order valence-electron chi connectivity index (χ0n) is 21.4. The number of likely N-dealkylation sites (tertiary alicyclic amines) is 1. The largest absolute Gasteiger partial charge is 0.481 e. The van der Waals surface area contributed by atoms with Crippen molar-refractivity contribution in [3.63, 3.8) is 0 Å². The molecule has 13 nitrogen and oxygen atoms in total. The van der Waals surface area contributed by atoms with Crippen LogP contribution >= 0.6 is 0 Å². The summed E-state index contributed by atoms with van der Waals surface area (Å²) in [4.78, 5) is 42.7. The van der Waals surface area contributed by atoms with Gasteiger partial charge >= 0.3 is 6.18 Å². The van der Waals surface area contributed by atoms with Gasteiger partial charge in [0, 0.05) is 30.6 Å². The number of anilines is 1. The predicted molar refractivity (Wildman–Crippen MR) is 133 cm³/mol. The maximum Gasteiger partial charge on any atom is 0.418 e. The highest BCUT2D eigenvalue weighted by molar-refractivity contribution is 5.98. The van der Waals surface area contributed by atoms with Crippen LogP contribution in [0, 0.1) is 0 Å². The summed E-state index contributed by atoms with van der Waals surface area (Å²) in [6.07, 6.45) is -2.92. The van der Waals surface area contributed by atoms with Crippen LogP contribution in [0.1, 0.15) is 26.5 Å². The minimum atomic E-state index is -4.78. The Hall–Kier alpha value is -5.09. The highest BCUT2D eigenvalue weighted by Crippen LogP contribution is 2.39. The molecule has 0 unspecified atom stereocenters. The van der Waals surface area contributed by atoms with E-state index in [4.69, 9.17) is 15.2 Å². The Morgan fingerprint density at radius 3 is 2.61 bits per heavy atom. The Morgan fingerprint density at radius 2 is 1.90 bits per heavy atom. The predicted octanol–water partition coefficient (Wildman–Crippen LogP) is 1.79. The number of carbonyl (C=O) groups excluding carboxylic acids is 2. The first kappa shape index (κ1) is 27.5. The summed E-state index contributed by atoms with van der Waals surface area (Å²) in [5.74, 6) is -2.11. The number of aromatic nitrogens is 6. The molecule has 0 bridgehead atoms. The van der Waals surface area contributed by atoms with E-state index in [1.807, 2.05) is 0 Å². The van der Waals surface area contributed by atoms with E-state index in [-0.39, 0.29) is 47.5 Å². The average molecular weight is 575 g/mol. The van der Waals surface area contributed by atoms with Crippen molar-refractivity contribution in [3.8, 4) is 23.0 Å². The van der Waals surface area contributed by atoms with Gasteiger partial charge in [-0.15, -0.1) is 0 Å². The zero-order valence-corrected chi connectivity index (χ0v) is 21.4. The van der Waals surface area contributed by atoms with E-state index >= 15 is 0 Å². The molecule has 0 saturated carbocycles. The topological polar surface area (TPSA) is 163 Å². The minimum absolute atomic E-state index is 0.0646. The minimum Gasteiger partial charge on any atom is -0.481 e. The number of amides is 2. The average Bonchev–Trinajstić information content (AvgIpc) is 3.54. The number of alkyl halides is 4. The molecule has 0 radical (unpaired) electrons. The number of nitrogens with zero attached hydrogens (tertiary/aromatic N) is 7. The van der Waals surface area contributed by atoms with Crippen LogP contribution in [0.4, 0.5) is 23.4 Å². The Bertz CT molecular complexity index is 1650. The van der Waals surface area contributed by atoms with E-state index in [2.05, 4.69) is 30.4 Å². The first-order chi connectivity index (χ1) is 19.5. The molecule has 41 heavy (non-hydrogen) atoms. The smallest absolute Gasteiger partial charge is 0.418 e. The van der Waals surface area contributed by atoms with Gasteiger partial charge in [-0.25, -0.2) is 23.9 Å². The summed E-state index contributed by atoms with van der Waals surface area (Å²) < 4.78 is 67.3. The first-order valence-electron chi connectivity index (χ1n) is 11.9. The lowest BCUT2D eigenvalue weighted by molar-refractivity contribution is -0.136. The van der Waals surface area contributed by atoms with Gasteiger partial charge in [-0.2, -0.15) is 23.3 Å². The van der Waals surface area contributed by atoms with Crippen molar-refractivity contribution >= 4 is 23.1 Å². The molecule has 214 valence electrons. The molecule has 0 spiro atoms. The molecule has 1 saturated heterocycles. The molecule has 1 aliphatic heterocycles. The summed E-state index contributed by atoms with van der Waals surface area (Å²) >= 11 is 0. The highest BCUT2D eigenvalue weighted by atomic mass is 19.4. The Kier molecular flexibility index (Phi) is 7.02. The summed E-state index contributed by atoms with van der Waals surface area (Å²) in [6.45, 7) is -0.534.